The normalized spacial score (nSPS) is 43.0. The van der Waals surface area contributed by atoms with Gasteiger partial charge in [0.05, 0.1) is 38.6 Å². The van der Waals surface area contributed by atoms with Crippen molar-refractivity contribution in [1.29, 1.82) is 0 Å². The molecule has 2 saturated heterocycles. The lowest BCUT2D eigenvalue weighted by Gasteiger charge is -2.72. The molecule has 0 amide bonds. The number of methoxy groups -OCH3 is 1. The Hall–Kier alpha value is -2.91. The van der Waals surface area contributed by atoms with E-state index >= 15 is 0 Å². The van der Waals surface area contributed by atoms with Crippen molar-refractivity contribution < 1.29 is 42.9 Å². The minimum Gasteiger partial charge on any atom is -0.472 e. The third-order valence-electron chi connectivity index (χ3n) is 10.4. The predicted octanol–water partition coefficient (Wildman–Crippen LogP) is 3.78. The van der Waals surface area contributed by atoms with E-state index in [-0.39, 0.29) is 13.0 Å². The van der Waals surface area contributed by atoms with Crippen molar-refractivity contribution in [1.82, 2.24) is 0 Å². The molecule has 1 N–H and O–H groups in total. The molecule has 9 nitrogen and oxygen atoms in total. The van der Waals surface area contributed by atoms with Crippen molar-refractivity contribution >= 4 is 17.9 Å². The van der Waals surface area contributed by atoms with Crippen LogP contribution in [-0.4, -0.2) is 48.6 Å². The summed E-state index contributed by atoms with van der Waals surface area (Å²) in [4.78, 5) is 38.0. The lowest BCUT2D eigenvalue weighted by molar-refractivity contribution is -0.417. The van der Waals surface area contributed by atoms with E-state index in [1.54, 1.807) is 18.6 Å². The molecule has 3 fully saturated rings. The first kappa shape index (κ1) is 25.4. The van der Waals surface area contributed by atoms with E-state index in [1.807, 2.05) is 19.9 Å². The molecule has 0 radical (unpaired) electrons. The number of hydrogen-bond donors (Lipinski definition) is 1. The molecule has 1 aromatic rings. The Morgan fingerprint density at radius 3 is 2.66 bits per heavy atom. The van der Waals surface area contributed by atoms with Gasteiger partial charge in [0.15, 0.2) is 5.79 Å². The van der Waals surface area contributed by atoms with Crippen LogP contribution in [0.5, 0.6) is 0 Å². The molecule has 1 aromatic heterocycles. The second-order valence-corrected chi connectivity index (χ2v) is 12.2. The Morgan fingerprint density at radius 2 is 2.00 bits per heavy atom. The maximum atomic E-state index is 12.9. The van der Waals surface area contributed by atoms with Gasteiger partial charge < -0.3 is 28.5 Å². The van der Waals surface area contributed by atoms with E-state index in [4.69, 9.17) is 23.4 Å². The second kappa shape index (κ2) is 8.05. The molecule has 3 aliphatic carbocycles. The third-order valence-corrected chi connectivity index (χ3v) is 10.4. The van der Waals surface area contributed by atoms with Gasteiger partial charge >= 0.3 is 17.9 Å². The highest BCUT2D eigenvalue weighted by Gasteiger charge is 2.78. The molecule has 0 aromatic carbocycles. The first-order valence-corrected chi connectivity index (χ1v) is 13.2. The monoisotopic (exact) mass is 526 g/mol. The van der Waals surface area contributed by atoms with Crippen LogP contribution >= 0.6 is 0 Å². The number of aliphatic hydroxyl groups is 1. The summed E-state index contributed by atoms with van der Waals surface area (Å²) in [7, 11) is 1.34. The number of furan rings is 1. The van der Waals surface area contributed by atoms with Crippen molar-refractivity contribution in [2.45, 2.75) is 71.4 Å². The Bertz CT molecular complexity index is 1280. The van der Waals surface area contributed by atoms with Crippen LogP contribution in [0.4, 0.5) is 0 Å². The first-order chi connectivity index (χ1) is 17.9. The average molecular weight is 527 g/mol. The van der Waals surface area contributed by atoms with Crippen molar-refractivity contribution in [3.63, 3.8) is 0 Å². The second-order valence-electron chi connectivity index (χ2n) is 12.2. The van der Waals surface area contributed by atoms with Crippen molar-refractivity contribution in [3.05, 3.63) is 47.0 Å². The van der Waals surface area contributed by atoms with Gasteiger partial charge in [-0.1, -0.05) is 26.3 Å². The molecule has 204 valence electrons. The zero-order valence-corrected chi connectivity index (χ0v) is 22.4. The molecule has 1 saturated carbocycles. The highest BCUT2D eigenvalue weighted by molar-refractivity contribution is 5.86. The minimum atomic E-state index is -1.66. The van der Waals surface area contributed by atoms with Crippen LogP contribution in [0.1, 0.15) is 65.0 Å². The summed E-state index contributed by atoms with van der Waals surface area (Å²) in [6.07, 6.45) is 5.20. The number of fused-ring (bicyclic) bond motifs is 3. The van der Waals surface area contributed by atoms with E-state index in [0.29, 0.717) is 19.3 Å². The number of hydrogen-bond acceptors (Lipinski definition) is 9. The maximum Gasteiger partial charge on any atom is 0.331 e. The number of cyclic esters (lactones) is 1. The van der Waals surface area contributed by atoms with Gasteiger partial charge in [-0.3, -0.25) is 9.59 Å². The zero-order valence-electron chi connectivity index (χ0n) is 22.4. The molecule has 4 heterocycles. The van der Waals surface area contributed by atoms with E-state index in [2.05, 4.69) is 6.92 Å². The summed E-state index contributed by atoms with van der Waals surface area (Å²) < 4.78 is 28.4. The van der Waals surface area contributed by atoms with Gasteiger partial charge in [-0.2, -0.15) is 0 Å². The number of ether oxygens (including phenoxy) is 4. The van der Waals surface area contributed by atoms with Crippen molar-refractivity contribution in [2.75, 3.05) is 13.7 Å². The van der Waals surface area contributed by atoms with E-state index in [1.165, 1.54) is 14.0 Å². The highest BCUT2D eigenvalue weighted by atomic mass is 16.6. The lowest BCUT2D eigenvalue weighted by Crippen LogP contribution is -2.78. The molecule has 7 rings (SSSR count). The van der Waals surface area contributed by atoms with E-state index < -0.39 is 64.0 Å². The van der Waals surface area contributed by atoms with Gasteiger partial charge in [0.25, 0.3) is 0 Å². The number of carbonyl (C=O) groups is 3. The van der Waals surface area contributed by atoms with Crippen LogP contribution in [0.25, 0.3) is 0 Å². The molecule has 0 spiro atoms. The smallest absolute Gasteiger partial charge is 0.331 e. The average Bonchev–Trinajstić information content (AvgIpc) is 3.39. The van der Waals surface area contributed by atoms with Crippen LogP contribution in [0.2, 0.25) is 0 Å². The fraction of sp³-hybridized carbons (Fsp3) is 0.621. The summed E-state index contributed by atoms with van der Waals surface area (Å²) >= 11 is 0. The minimum absolute atomic E-state index is 0.0342. The zero-order chi connectivity index (χ0) is 27.3. The highest BCUT2D eigenvalue weighted by Crippen LogP contribution is 2.73. The quantitative estimate of drug-likeness (QED) is 0.461. The molecule has 4 bridgehead atoms. The summed E-state index contributed by atoms with van der Waals surface area (Å²) in [6, 6.07) is 1.81. The number of allylic oxidation sites excluding steroid dienone is 1. The summed E-state index contributed by atoms with van der Waals surface area (Å²) in [5.74, 6) is -3.98. The number of carbonyl (C=O) groups excluding carboxylic acids is 3. The standard InChI is InChI=1S/C29H34O9/c1-15(30)37-25-20-10-17-18(28(4)21(12-22(31)34-5)27(25,3)14-36-29(20,28)33)6-8-26(2)19(17)11-23(32)38-24(26)16-7-9-35-13-16/h7,9,11,13,20-21,24-25,33H,6,8,10,12,14H2,1-5H3. The molecule has 8 atom stereocenters. The van der Waals surface area contributed by atoms with Gasteiger partial charge in [0.1, 0.15) is 12.2 Å². The third kappa shape index (κ3) is 3.03. The summed E-state index contributed by atoms with van der Waals surface area (Å²) in [5, 5.41) is 12.3. The first-order valence-electron chi connectivity index (χ1n) is 13.2. The molecular weight excluding hydrogens is 492 g/mol. The van der Waals surface area contributed by atoms with E-state index in [9.17, 15) is 19.5 Å². The van der Waals surface area contributed by atoms with Crippen LogP contribution < -0.4 is 0 Å². The maximum absolute atomic E-state index is 12.9. The van der Waals surface area contributed by atoms with Crippen molar-refractivity contribution in [2.24, 2.45) is 28.1 Å². The predicted molar refractivity (Wildman–Crippen MR) is 131 cm³/mol. The van der Waals surface area contributed by atoms with Gasteiger partial charge in [-0.25, -0.2) is 4.79 Å². The molecule has 3 aliphatic heterocycles. The largest absolute Gasteiger partial charge is 0.472 e. The Morgan fingerprint density at radius 1 is 1.24 bits per heavy atom. The van der Waals surface area contributed by atoms with Crippen LogP contribution in [0, 0.1) is 28.1 Å². The Balaban J connectivity index is 1.56. The fourth-order valence-electron chi connectivity index (χ4n) is 8.60. The molecule has 9 heteroatoms. The molecular formula is C29H34O9. The van der Waals surface area contributed by atoms with Gasteiger partial charge in [0, 0.05) is 34.8 Å². The summed E-state index contributed by atoms with van der Waals surface area (Å²) in [5.41, 5.74) is 1.36. The number of esters is 3. The van der Waals surface area contributed by atoms with Gasteiger partial charge in [-0.15, -0.1) is 0 Å². The molecule has 38 heavy (non-hydrogen) atoms. The Labute approximate surface area is 221 Å². The van der Waals surface area contributed by atoms with Crippen LogP contribution in [0.3, 0.4) is 0 Å². The number of rotatable bonds is 4. The fourth-order valence-corrected chi connectivity index (χ4v) is 8.60. The SMILES string of the molecule is COC(=O)CC1C2(C)COC3(O)C(CC4=C(CCC5(C)C4=CC(=O)OC5c4ccoc4)C13C)C2OC(C)=O. The van der Waals surface area contributed by atoms with E-state index in [0.717, 1.165) is 22.3 Å². The molecule has 8 unspecified atom stereocenters. The van der Waals surface area contributed by atoms with Crippen molar-refractivity contribution in [3.8, 4) is 0 Å². The molecule has 6 aliphatic rings. The Kier molecular flexibility index (Phi) is 5.38. The van der Waals surface area contributed by atoms with Gasteiger partial charge in [0.2, 0.25) is 0 Å². The summed E-state index contributed by atoms with van der Waals surface area (Å²) in [6.45, 7) is 7.52. The topological polar surface area (TPSA) is 122 Å². The van der Waals surface area contributed by atoms with Crippen LogP contribution in [-0.2, 0) is 33.3 Å². The van der Waals surface area contributed by atoms with Crippen LogP contribution in [0.15, 0.2) is 45.8 Å². The lowest BCUT2D eigenvalue weighted by atomic mass is 9.39. The van der Waals surface area contributed by atoms with Gasteiger partial charge in [-0.05, 0) is 42.4 Å².